The molecule has 3 aliphatic heterocycles. The van der Waals surface area contributed by atoms with Crippen molar-refractivity contribution in [3.63, 3.8) is 0 Å². The summed E-state index contributed by atoms with van der Waals surface area (Å²) in [6, 6.07) is 20.5. The molecule has 54 heavy (non-hydrogen) atoms. The van der Waals surface area contributed by atoms with E-state index in [0.29, 0.717) is 26.1 Å². The summed E-state index contributed by atoms with van der Waals surface area (Å²) in [7, 11) is 0. The fraction of sp³-hybridized carbons (Fsp3) is 0.696. The Morgan fingerprint density at radius 3 is 1.00 bits per heavy atom. The van der Waals surface area contributed by atoms with Crippen LogP contribution >= 0.6 is 0 Å². The van der Waals surface area contributed by atoms with E-state index in [1.165, 1.54) is 0 Å². The van der Waals surface area contributed by atoms with Crippen molar-refractivity contribution in [2.75, 3.05) is 13.2 Å². The van der Waals surface area contributed by atoms with E-state index in [2.05, 4.69) is 24.3 Å². The fourth-order valence-electron chi connectivity index (χ4n) is 8.01. The van der Waals surface area contributed by atoms with Crippen LogP contribution in [0.2, 0.25) is 0 Å². The van der Waals surface area contributed by atoms with Crippen molar-refractivity contribution in [2.45, 2.75) is 191 Å². The van der Waals surface area contributed by atoms with E-state index in [1.807, 2.05) is 36.4 Å². The predicted molar refractivity (Wildman–Crippen MR) is 211 cm³/mol. The van der Waals surface area contributed by atoms with Crippen LogP contribution in [0.5, 0.6) is 0 Å². The maximum absolute atomic E-state index is 12.4. The van der Waals surface area contributed by atoms with Gasteiger partial charge in [0.15, 0.2) is 12.6 Å². The van der Waals surface area contributed by atoms with E-state index < -0.39 is 0 Å². The van der Waals surface area contributed by atoms with Gasteiger partial charge in [-0.15, -0.1) is 0 Å². The van der Waals surface area contributed by atoms with Gasteiger partial charge in [-0.05, 0) is 51.4 Å². The molecule has 0 amide bonds. The minimum Gasteiger partial charge on any atom is -0.466 e. The lowest BCUT2D eigenvalue weighted by molar-refractivity contribution is -0.144. The van der Waals surface area contributed by atoms with E-state index in [0.717, 1.165) is 152 Å². The van der Waals surface area contributed by atoms with Gasteiger partial charge in [0.05, 0.1) is 37.6 Å². The number of cyclic esters (lactones) is 2. The van der Waals surface area contributed by atoms with Crippen LogP contribution in [0.25, 0.3) is 0 Å². The first-order valence-electron chi connectivity index (χ1n) is 21.7. The van der Waals surface area contributed by atoms with E-state index in [1.54, 1.807) is 0 Å². The van der Waals surface area contributed by atoms with E-state index >= 15 is 0 Å². The molecule has 0 radical (unpaired) electrons. The average Bonchev–Trinajstić information content (AvgIpc) is 3.80. The van der Waals surface area contributed by atoms with Crippen LogP contribution in [-0.4, -0.2) is 49.6 Å². The summed E-state index contributed by atoms with van der Waals surface area (Å²) in [5.74, 6) is -0.128. The molecular weight excluding hydrogens is 680 g/mol. The SMILES string of the molecule is O=C1CCCCCCCC2OC(c3ccccc3)OC2CCCCCCOC(=O)CCCCCCCC2OC(c3ccccc3)OC2CCCCCCO1. The van der Waals surface area contributed by atoms with Gasteiger partial charge >= 0.3 is 11.9 Å². The third kappa shape index (κ3) is 15.8. The van der Waals surface area contributed by atoms with Crippen LogP contribution in [0, 0.1) is 0 Å². The highest BCUT2D eigenvalue weighted by Crippen LogP contribution is 2.37. The molecule has 300 valence electrons. The molecule has 3 saturated heterocycles. The van der Waals surface area contributed by atoms with Crippen LogP contribution in [0.15, 0.2) is 60.7 Å². The molecule has 3 heterocycles. The van der Waals surface area contributed by atoms with Gasteiger partial charge in [0.25, 0.3) is 0 Å². The molecule has 0 bridgehead atoms. The zero-order valence-electron chi connectivity index (χ0n) is 32.9. The number of fused-ring (bicyclic) bond motifs is 2. The van der Waals surface area contributed by atoms with Crippen molar-refractivity contribution in [3.05, 3.63) is 71.8 Å². The molecule has 6 atom stereocenters. The van der Waals surface area contributed by atoms with Crippen molar-refractivity contribution in [1.29, 1.82) is 0 Å². The Hall–Kier alpha value is -2.78. The molecule has 0 spiro atoms. The molecule has 0 N–H and O–H groups in total. The summed E-state index contributed by atoms with van der Waals surface area (Å²) in [5.41, 5.74) is 2.15. The lowest BCUT2D eigenvalue weighted by Crippen LogP contribution is -2.22. The minimum atomic E-state index is -0.301. The molecule has 3 aliphatic rings. The Labute approximate surface area is 325 Å². The molecule has 2 aromatic carbocycles. The summed E-state index contributed by atoms with van der Waals surface area (Å²) in [6.45, 7) is 1.02. The maximum Gasteiger partial charge on any atom is 0.305 e. The van der Waals surface area contributed by atoms with E-state index in [9.17, 15) is 9.59 Å². The van der Waals surface area contributed by atoms with Gasteiger partial charge in [-0.1, -0.05) is 151 Å². The van der Waals surface area contributed by atoms with Crippen LogP contribution in [-0.2, 0) is 38.0 Å². The van der Waals surface area contributed by atoms with Crippen molar-refractivity contribution in [3.8, 4) is 0 Å². The smallest absolute Gasteiger partial charge is 0.305 e. The zero-order valence-corrected chi connectivity index (χ0v) is 32.9. The quantitative estimate of drug-likeness (QED) is 0.280. The van der Waals surface area contributed by atoms with Gasteiger partial charge in [-0.25, -0.2) is 0 Å². The van der Waals surface area contributed by atoms with Gasteiger partial charge in [0, 0.05) is 24.0 Å². The predicted octanol–water partition coefficient (Wildman–Crippen LogP) is 11.4. The Morgan fingerprint density at radius 2 is 0.648 bits per heavy atom. The second-order valence-corrected chi connectivity index (χ2v) is 15.6. The molecule has 0 saturated carbocycles. The molecule has 2 aromatic rings. The second kappa shape index (κ2) is 25.4. The lowest BCUT2D eigenvalue weighted by atomic mass is 10.00. The monoisotopic (exact) mass is 748 g/mol. The Balaban J connectivity index is 1.04. The summed E-state index contributed by atoms with van der Waals surface area (Å²) in [4.78, 5) is 24.7. The standard InChI is InChI=1S/C46H68O8/c47-43-33-21-5-1-3-17-29-39-41(53-45(51-39)37-25-13-11-14-26-37)31-19-7-10-24-36-50-44(48)34-22-6-2-4-18-30-40-42(32-20-8-9-23-35-49-43)54-46(52-40)38-27-15-12-16-28-38/h11-16,25-28,39-42,45-46H,1-10,17-24,29-36H2. The normalized spacial score (nSPS) is 29.5. The third-order valence-corrected chi connectivity index (χ3v) is 11.2. The summed E-state index contributed by atoms with van der Waals surface area (Å²) >= 11 is 0. The number of hydrogen-bond donors (Lipinski definition) is 0. The number of rotatable bonds is 2. The number of carbonyl (C=O) groups is 2. The number of carbonyl (C=O) groups excluding carboxylic acids is 2. The highest BCUT2D eigenvalue weighted by atomic mass is 16.7. The van der Waals surface area contributed by atoms with Crippen molar-refractivity contribution in [1.82, 2.24) is 0 Å². The highest BCUT2D eigenvalue weighted by Gasteiger charge is 2.37. The van der Waals surface area contributed by atoms with Crippen LogP contribution in [0.4, 0.5) is 0 Å². The van der Waals surface area contributed by atoms with E-state index in [4.69, 9.17) is 28.4 Å². The summed E-state index contributed by atoms with van der Waals surface area (Å²) in [5, 5.41) is 0. The number of hydrogen-bond acceptors (Lipinski definition) is 8. The topological polar surface area (TPSA) is 89.5 Å². The Morgan fingerprint density at radius 1 is 0.352 bits per heavy atom. The molecule has 0 aromatic heterocycles. The van der Waals surface area contributed by atoms with Crippen molar-refractivity contribution in [2.24, 2.45) is 0 Å². The van der Waals surface area contributed by atoms with Crippen LogP contribution in [0.3, 0.4) is 0 Å². The van der Waals surface area contributed by atoms with Gasteiger partial charge < -0.3 is 28.4 Å². The third-order valence-electron chi connectivity index (χ3n) is 11.2. The minimum absolute atomic E-state index is 0.0641. The van der Waals surface area contributed by atoms with Crippen LogP contribution in [0.1, 0.15) is 178 Å². The molecular formula is C46H68O8. The average molecular weight is 749 g/mol. The molecule has 6 unspecified atom stereocenters. The largest absolute Gasteiger partial charge is 0.466 e. The van der Waals surface area contributed by atoms with Gasteiger partial charge in [0.2, 0.25) is 0 Å². The first-order chi connectivity index (χ1) is 26.7. The fourth-order valence-corrected chi connectivity index (χ4v) is 8.01. The molecule has 8 nitrogen and oxygen atoms in total. The number of ether oxygens (including phenoxy) is 6. The number of benzene rings is 2. The van der Waals surface area contributed by atoms with Gasteiger partial charge in [-0.3, -0.25) is 9.59 Å². The first-order valence-corrected chi connectivity index (χ1v) is 21.7. The Bertz CT molecular complexity index is 1130. The number of esters is 2. The molecule has 3 fully saturated rings. The molecule has 5 rings (SSSR count). The van der Waals surface area contributed by atoms with Gasteiger partial charge in [-0.2, -0.15) is 0 Å². The van der Waals surface area contributed by atoms with Crippen LogP contribution < -0.4 is 0 Å². The summed E-state index contributed by atoms with van der Waals surface area (Å²) in [6.07, 6.45) is 23.5. The zero-order chi connectivity index (χ0) is 37.5. The highest BCUT2D eigenvalue weighted by molar-refractivity contribution is 5.69. The maximum atomic E-state index is 12.4. The van der Waals surface area contributed by atoms with Crippen molar-refractivity contribution < 1.29 is 38.0 Å². The first kappa shape index (κ1) is 42.4. The second-order valence-electron chi connectivity index (χ2n) is 15.6. The summed E-state index contributed by atoms with van der Waals surface area (Å²) < 4.78 is 36.9. The Kier molecular flexibility index (Phi) is 19.9. The lowest BCUT2D eigenvalue weighted by Gasteiger charge is -2.16. The molecule has 8 heteroatoms. The molecule has 0 aliphatic carbocycles. The van der Waals surface area contributed by atoms with Gasteiger partial charge in [0.1, 0.15) is 0 Å². The van der Waals surface area contributed by atoms with Crippen molar-refractivity contribution >= 4 is 11.9 Å². The van der Waals surface area contributed by atoms with E-state index in [-0.39, 0.29) is 48.9 Å².